The van der Waals surface area contributed by atoms with Crippen LogP contribution < -0.4 is 16.0 Å². The lowest BCUT2D eigenvalue weighted by molar-refractivity contribution is 0.0509. The number of fused-ring (bicyclic) bond motifs is 1. The Bertz CT molecular complexity index is 491. The van der Waals surface area contributed by atoms with Crippen LogP contribution in [0.2, 0.25) is 5.02 Å². The van der Waals surface area contributed by atoms with Crippen LogP contribution in [-0.2, 0) is 17.6 Å². The number of rotatable bonds is 6. The molecule has 5 heteroatoms. The van der Waals surface area contributed by atoms with E-state index in [1.54, 1.807) is 7.11 Å². The molecule has 0 spiro atoms. The Morgan fingerprint density at radius 2 is 2.30 bits per heavy atom. The highest BCUT2D eigenvalue weighted by Gasteiger charge is 2.37. The summed E-state index contributed by atoms with van der Waals surface area (Å²) in [4.78, 5) is 0. The Morgan fingerprint density at radius 3 is 2.95 bits per heavy atom. The lowest BCUT2D eigenvalue weighted by Crippen LogP contribution is -2.47. The van der Waals surface area contributed by atoms with Crippen molar-refractivity contribution in [1.82, 2.24) is 5.43 Å². The highest BCUT2D eigenvalue weighted by atomic mass is 35.5. The standard InChI is InChI=1S/C15H21ClN2O2/c1-19-15(9-2-3-9)13(18-17)8-11-7-12(16)6-10-4-5-20-14(10)11/h6-7,9,13,15,18H,2-5,8,17H2,1H3. The third kappa shape index (κ3) is 2.79. The molecule has 0 radical (unpaired) electrons. The van der Waals surface area contributed by atoms with Crippen molar-refractivity contribution in [1.29, 1.82) is 0 Å². The van der Waals surface area contributed by atoms with E-state index in [4.69, 9.17) is 26.9 Å². The van der Waals surface area contributed by atoms with Gasteiger partial charge in [0, 0.05) is 18.6 Å². The van der Waals surface area contributed by atoms with Crippen molar-refractivity contribution in [2.24, 2.45) is 11.8 Å². The van der Waals surface area contributed by atoms with Crippen molar-refractivity contribution in [3.63, 3.8) is 0 Å². The number of hydrazine groups is 1. The van der Waals surface area contributed by atoms with Crippen LogP contribution in [0.4, 0.5) is 0 Å². The van der Waals surface area contributed by atoms with E-state index in [2.05, 4.69) is 5.43 Å². The van der Waals surface area contributed by atoms with Crippen molar-refractivity contribution < 1.29 is 9.47 Å². The van der Waals surface area contributed by atoms with E-state index in [0.29, 0.717) is 5.92 Å². The van der Waals surface area contributed by atoms with Crippen LogP contribution in [0.3, 0.4) is 0 Å². The fourth-order valence-electron chi connectivity index (χ4n) is 3.11. The summed E-state index contributed by atoms with van der Waals surface area (Å²) in [6.07, 6.45) is 4.30. The topological polar surface area (TPSA) is 56.5 Å². The molecule has 2 unspecified atom stereocenters. The normalized spacial score (nSPS) is 20.4. The van der Waals surface area contributed by atoms with Gasteiger partial charge in [-0.2, -0.15) is 0 Å². The SMILES string of the molecule is COC(C1CC1)C(Cc1cc(Cl)cc2c1OCC2)NN. The number of hydrogen-bond acceptors (Lipinski definition) is 4. The summed E-state index contributed by atoms with van der Waals surface area (Å²) >= 11 is 6.21. The summed E-state index contributed by atoms with van der Waals surface area (Å²) < 4.78 is 11.4. The van der Waals surface area contributed by atoms with Gasteiger partial charge in [-0.3, -0.25) is 11.3 Å². The highest BCUT2D eigenvalue weighted by molar-refractivity contribution is 6.30. The Morgan fingerprint density at radius 1 is 1.50 bits per heavy atom. The molecule has 1 aliphatic heterocycles. The summed E-state index contributed by atoms with van der Waals surface area (Å²) in [6, 6.07) is 4.06. The molecule has 0 aromatic heterocycles. The van der Waals surface area contributed by atoms with Crippen molar-refractivity contribution in [3.05, 3.63) is 28.3 Å². The number of methoxy groups -OCH3 is 1. The van der Waals surface area contributed by atoms with Gasteiger partial charge in [0.15, 0.2) is 0 Å². The largest absolute Gasteiger partial charge is 0.493 e. The summed E-state index contributed by atoms with van der Waals surface area (Å²) in [5.74, 6) is 7.35. The van der Waals surface area contributed by atoms with Crippen LogP contribution in [0.1, 0.15) is 24.0 Å². The van der Waals surface area contributed by atoms with Gasteiger partial charge < -0.3 is 9.47 Å². The van der Waals surface area contributed by atoms with E-state index >= 15 is 0 Å². The summed E-state index contributed by atoms with van der Waals surface area (Å²) in [6.45, 7) is 0.736. The molecule has 4 nitrogen and oxygen atoms in total. The Hall–Kier alpha value is -0.810. The minimum atomic E-state index is 0.0827. The molecular weight excluding hydrogens is 276 g/mol. The first kappa shape index (κ1) is 14.1. The molecule has 1 heterocycles. The van der Waals surface area contributed by atoms with Gasteiger partial charge in [-0.15, -0.1) is 0 Å². The third-order valence-electron chi connectivity index (χ3n) is 4.23. The zero-order valence-corrected chi connectivity index (χ0v) is 12.5. The van der Waals surface area contributed by atoms with Gasteiger partial charge in [-0.25, -0.2) is 0 Å². The lowest BCUT2D eigenvalue weighted by atomic mass is 9.96. The van der Waals surface area contributed by atoms with Gasteiger partial charge in [0.05, 0.1) is 18.8 Å². The average molecular weight is 297 g/mol. The highest BCUT2D eigenvalue weighted by Crippen LogP contribution is 2.38. The fraction of sp³-hybridized carbons (Fsp3) is 0.600. The molecule has 20 heavy (non-hydrogen) atoms. The molecule has 1 aromatic rings. The van der Waals surface area contributed by atoms with Gasteiger partial charge in [-0.1, -0.05) is 11.6 Å². The van der Waals surface area contributed by atoms with Gasteiger partial charge in [0.2, 0.25) is 0 Å². The molecule has 1 aromatic carbocycles. The number of nitrogens with two attached hydrogens (primary N) is 1. The zero-order chi connectivity index (χ0) is 14.1. The second-order valence-corrected chi connectivity index (χ2v) is 6.10. The predicted molar refractivity (Wildman–Crippen MR) is 79.0 cm³/mol. The van der Waals surface area contributed by atoms with Crippen LogP contribution >= 0.6 is 11.6 Å². The molecule has 0 saturated heterocycles. The molecular formula is C15H21ClN2O2. The predicted octanol–water partition coefficient (Wildman–Crippen LogP) is 2.07. The van der Waals surface area contributed by atoms with Crippen molar-refractivity contribution in [2.45, 2.75) is 37.8 Å². The molecule has 0 bridgehead atoms. The Balaban J connectivity index is 1.82. The van der Waals surface area contributed by atoms with Gasteiger partial charge in [0.25, 0.3) is 0 Å². The van der Waals surface area contributed by atoms with E-state index < -0.39 is 0 Å². The Kier molecular flexibility index (Phi) is 4.17. The first-order valence-electron chi connectivity index (χ1n) is 7.16. The first-order chi connectivity index (χ1) is 9.72. The molecule has 1 saturated carbocycles. The maximum Gasteiger partial charge on any atom is 0.125 e. The fourth-order valence-corrected chi connectivity index (χ4v) is 3.38. The molecule has 2 atom stereocenters. The van der Waals surface area contributed by atoms with Crippen LogP contribution in [-0.4, -0.2) is 25.9 Å². The molecule has 3 N–H and O–H groups in total. The average Bonchev–Trinajstić information content (AvgIpc) is 3.15. The molecule has 0 amide bonds. The summed E-state index contributed by atoms with van der Waals surface area (Å²) in [5.41, 5.74) is 5.23. The zero-order valence-electron chi connectivity index (χ0n) is 11.7. The third-order valence-corrected chi connectivity index (χ3v) is 4.45. The van der Waals surface area contributed by atoms with E-state index in [1.807, 2.05) is 12.1 Å². The van der Waals surface area contributed by atoms with Gasteiger partial charge in [0.1, 0.15) is 5.75 Å². The van der Waals surface area contributed by atoms with Crippen LogP contribution in [0.15, 0.2) is 12.1 Å². The monoisotopic (exact) mass is 296 g/mol. The number of ether oxygens (including phenoxy) is 2. The second kappa shape index (κ2) is 5.90. The van der Waals surface area contributed by atoms with E-state index in [1.165, 1.54) is 18.4 Å². The maximum absolute atomic E-state index is 6.21. The minimum absolute atomic E-state index is 0.0827. The lowest BCUT2D eigenvalue weighted by Gasteiger charge is -2.26. The summed E-state index contributed by atoms with van der Waals surface area (Å²) in [5, 5.41) is 0.764. The van der Waals surface area contributed by atoms with Crippen LogP contribution in [0, 0.1) is 5.92 Å². The minimum Gasteiger partial charge on any atom is -0.493 e. The maximum atomic E-state index is 6.21. The van der Waals surface area contributed by atoms with E-state index in [-0.39, 0.29) is 12.1 Å². The first-order valence-corrected chi connectivity index (χ1v) is 7.53. The quantitative estimate of drug-likeness (QED) is 0.623. The molecule has 2 aliphatic rings. The number of halogens is 1. The molecule has 1 fully saturated rings. The van der Waals surface area contributed by atoms with E-state index in [0.717, 1.165) is 35.8 Å². The molecule has 1 aliphatic carbocycles. The molecule has 3 rings (SSSR count). The van der Waals surface area contributed by atoms with Gasteiger partial charge in [-0.05, 0) is 48.4 Å². The number of nitrogens with one attached hydrogen (secondary N) is 1. The summed E-state index contributed by atoms with van der Waals surface area (Å²) in [7, 11) is 1.76. The Labute approximate surface area is 124 Å². The number of benzene rings is 1. The smallest absolute Gasteiger partial charge is 0.125 e. The van der Waals surface area contributed by atoms with Crippen molar-refractivity contribution in [2.75, 3.05) is 13.7 Å². The van der Waals surface area contributed by atoms with Crippen LogP contribution in [0.25, 0.3) is 0 Å². The molecule has 110 valence electrons. The number of hydrogen-bond donors (Lipinski definition) is 2. The van der Waals surface area contributed by atoms with Crippen molar-refractivity contribution >= 4 is 11.6 Å². The van der Waals surface area contributed by atoms with Gasteiger partial charge >= 0.3 is 0 Å². The van der Waals surface area contributed by atoms with Crippen LogP contribution in [0.5, 0.6) is 5.75 Å². The second-order valence-electron chi connectivity index (χ2n) is 5.67. The van der Waals surface area contributed by atoms with E-state index in [9.17, 15) is 0 Å². The van der Waals surface area contributed by atoms with Crippen molar-refractivity contribution in [3.8, 4) is 5.75 Å².